The molecule has 10 aromatic carbocycles. The van der Waals surface area contributed by atoms with Crippen LogP contribution >= 0.6 is 10.0 Å². The van der Waals surface area contributed by atoms with E-state index in [1.807, 2.05) is 30.3 Å². The Hall–Kier alpha value is -7.20. The second-order valence-electron chi connectivity index (χ2n) is 18.2. The molecule has 0 aliphatic rings. The summed E-state index contributed by atoms with van der Waals surface area (Å²) < 4.78 is 4.55. The molecule has 0 bridgehead atoms. The molecule has 318 valence electrons. The molecule has 0 saturated carbocycles. The third kappa shape index (κ3) is 6.95. The van der Waals surface area contributed by atoms with E-state index in [4.69, 9.17) is 78.5 Å². The molecule has 0 aliphatic heterocycles. The van der Waals surface area contributed by atoms with Gasteiger partial charge in [-0.1, -0.05) is 137 Å². The third-order valence-corrected chi connectivity index (χ3v) is 18.3. The molecule has 12 rings (SSSR count). The molecule has 2 aromatic heterocycles. The fraction of sp³-hybridized carbons (Fsp3) is 0. The maximum atomic E-state index is 7.28. The van der Waals surface area contributed by atoms with Crippen LogP contribution in [0, 0.1) is 0 Å². The summed E-state index contributed by atoms with van der Waals surface area (Å²) in [5, 5.41) is 4.20. The monoisotopic (exact) mass is 922 g/mol. The van der Waals surface area contributed by atoms with Crippen LogP contribution in [0.5, 0.6) is 0 Å². The van der Waals surface area contributed by atoms with Crippen LogP contribution < -0.4 is 54.6 Å². The molecule has 13 heteroatoms. The Labute approximate surface area is 440 Å². The first kappa shape index (κ1) is 46.8. The zero-order valence-electron chi connectivity index (χ0n) is 39.6. The molecule has 2 heterocycles. The molecular formula is C60H32B10N2S. The Morgan fingerprint density at radius 2 is 0.603 bits per heavy atom. The van der Waals surface area contributed by atoms with E-state index in [0.29, 0.717) is 27.9 Å². The number of fused-ring (bicyclic) bond motifs is 6. The van der Waals surface area contributed by atoms with Crippen LogP contribution in [0.25, 0.3) is 77.2 Å². The summed E-state index contributed by atoms with van der Waals surface area (Å²) in [5.41, 5.74) is 8.23. The summed E-state index contributed by atoms with van der Waals surface area (Å²) in [6.45, 7) is 0. The minimum atomic E-state index is -2.48. The highest BCUT2D eigenvalue weighted by Gasteiger charge is 2.36. The molecular weight excluding hydrogens is 889 g/mol. The van der Waals surface area contributed by atoms with E-state index >= 15 is 0 Å². The average molecular weight is 921 g/mol. The van der Waals surface area contributed by atoms with Crippen LogP contribution in [0.1, 0.15) is 0 Å². The van der Waals surface area contributed by atoms with E-state index in [1.54, 1.807) is 0 Å². The summed E-state index contributed by atoms with van der Waals surface area (Å²) in [6.07, 6.45) is 0. The molecule has 0 atom stereocenters. The van der Waals surface area contributed by atoms with Gasteiger partial charge in [-0.15, -0.1) is 42.8 Å². The number of rotatable bonds is 8. The van der Waals surface area contributed by atoms with E-state index < -0.39 is 10.0 Å². The van der Waals surface area contributed by atoms with E-state index in [2.05, 4.69) is 173 Å². The van der Waals surface area contributed by atoms with E-state index in [9.17, 15) is 0 Å². The maximum absolute atomic E-state index is 7.28. The molecule has 20 radical (unpaired) electrons. The van der Waals surface area contributed by atoms with E-state index in [1.165, 1.54) is 0 Å². The molecule has 0 unspecified atom stereocenters. The fourth-order valence-corrected chi connectivity index (χ4v) is 14.9. The van der Waals surface area contributed by atoms with Crippen molar-refractivity contribution in [2.75, 3.05) is 0 Å². The molecule has 0 spiro atoms. The van der Waals surface area contributed by atoms with Gasteiger partial charge in [0.1, 0.15) is 78.5 Å². The Balaban J connectivity index is 1.35. The van der Waals surface area contributed by atoms with Gasteiger partial charge in [0.15, 0.2) is 0 Å². The highest BCUT2D eigenvalue weighted by Crippen LogP contribution is 2.74. The van der Waals surface area contributed by atoms with Crippen molar-refractivity contribution in [2.45, 2.75) is 19.6 Å². The lowest BCUT2D eigenvalue weighted by atomic mass is 9.58. The summed E-state index contributed by atoms with van der Waals surface area (Å²) in [4.78, 5) is 3.98. The van der Waals surface area contributed by atoms with Gasteiger partial charge in [-0.2, -0.15) is 0 Å². The summed E-state index contributed by atoms with van der Waals surface area (Å²) in [5.74, 6) is 0. The van der Waals surface area contributed by atoms with Gasteiger partial charge < -0.3 is 9.13 Å². The number of hydrogen-bond donors (Lipinski definition) is 0. The van der Waals surface area contributed by atoms with Crippen LogP contribution in [0.4, 0.5) is 0 Å². The Kier molecular flexibility index (Phi) is 11.6. The standard InChI is InChI=1S/C60H32B10N2S/c61-50-48(51(62)55(66)58(69)54(50)65)40-31-36(73(33-17-4-1-5-18-33,34-19-6-2-7-20-34)35-21-8-3-9-22-35)32-41(49-52(63)56(67)59(70)57(68)53(49)64)60(40)72-44-28-15-12-25-39(44)47-45(29-16-30-46(47)72)71-42-26-13-10-23-37(42)38-24-11-14-27-43(38)71/h1-32H. The second-order valence-corrected chi connectivity index (χ2v) is 21.3. The van der Waals surface area contributed by atoms with Crippen molar-refractivity contribution in [1.82, 2.24) is 9.13 Å². The minimum absolute atomic E-state index is 0.0785. The highest BCUT2D eigenvalue weighted by molar-refractivity contribution is 8.34. The van der Waals surface area contributed by atoms with Crippen LogP contribution in [-0.4, -0.2) is 87.6 Å². The van der Waals surface area contributed by atoms with Crippen LogP contribution in [0.3, 0.4) is 0 Å². The number of para-hydroxylation sites is 3. The van der Waals surface area contributed by atoms with Gasteiger partial charge >= 0.3 is 0 Å². The van der Waals surface area contributed by atoms with Gasteiger partial charge in [-0.25, -0.2) is 0 Å². The van der Waals surface area contributed by atoms with Crippen molar-refractivity contribution in [3.8, 4) is 33.6 Å². The van der Waals surface area contributed by atoms with Gasteiger partial charge in [0.2, 0.25) is 0 Å². The molecule has 2 nitrogen and oxygen atoms in total. The molecule has 73 heavy (non-hydrogen) atoms. The normalized spacial score (nSPS) is 12.1. The minimum Gasteiger partial charge on any atom is -0.309 e. The first-order valence-electron chi connectivity index (χ1n) is 23.7. The average Bonchev–Trinajstić information content (AvgIpc) is 3.95. The van der Waals surface area contributed by atoms with Crippen LogP contribution in [-0.2, 0) is 0 Å². The third-order valence-electron chi connectivity index (χ3n) is 14.4. The Morgan fingerprint density at radius 1 is 0.274 bits per heavy atom. The van der Waals surface area contributed by atoms with Gasteiger partial charge in [0, 0.05) is 52.3 Å². The Bertz CT molecular complexity index is 3910. The fourth-order valence-electron chi connectivity index (χ4n) is 11.0. The highest BCUT2D eigenvalue weighted by atomic mass is 32.3. The lowest BCUT2D eigenvalue weighted by molar-refractivity contribution is 1.16. The summed E-state index contributed by atoms with van der Waals surface area (Å²) in [7, 11) is 67.4. The number of aromatic nitrogens is 2. The molecule has 0 aliphatic carbocycles. The molecule has 12 aromatic rings. The second kappa shape index (κ2) is 18.1. The number of benzene rings is 10. The predicted molar refractivity (Wildman–Crippen MR) is 320 cm³/mol. The predicted octanol–water partition coefficient (Wildman–Crippen LogP) is 4.49. The van der Waals surface area contributed by atoms with Crippen LogP contribution in [0.15, 0.2) is 214 Å². The lowest BCUT2D eigenvalue weighted by Crippen LogP contribution is -2.55. The molecule has 0 saturated heterocycles. The van der Waals surface area contributed by atoms with Crippen molar-refractivity contribution in [2.24, 2.45) is 0 Å². The summed E-state index contributed by atoms with van der Waals surface area (Å²) >= 11 is 0. The van der Waals surface area contributed by atoms with E-state index in [-0.39, 0.29) is 54.6 Å². The van der Waals surface area contributed by atoms with Crippen LogP contribution in [0.2, 0.25) is 0 Å². The van der Waals surface area contributed by atoms with Crippen molar-refractivity contribution in [3.05, 3.63) is 194 Å². The Morgan fingerprint density at radius 3 is 1.01 bits per heavy atom. The van der Waals surface area contributed by atoms with Gasteiger partial charge in [0.05, 0.1) is 33.4 Å². The SMILES string of the molecule is [B]c1c([B])c([B])c(-c2cc(S(c3ccccc3)(c3ccccc3)c3ccccc3)cc(-c3c([B])c([B])c([B])c([B])c3[B])c2-n2c3ccccc3c3c(-n4c5ccccc5c5ccccc54)cccc32)c([B])c1[B]. The summed E-state index contributed by atoms with van der Waals surface area (Å²) in [6, 6.07) is 67.3. The van der Waals surface area contributed by atoms with Gasteiger partial charge in [-0.05, 0) is 90.0 Å². The van der Waals surface area contributed by atoms with Crippen molar-refractivity contribution in [1.29, 1.82) is 0 Å². The molecule has 0 amide bonds. The number of hydrogen-bond acceptors (Lipinski definition) is 0. The van der Waals surface area contributed by atoms with Crippen molar-refractivity contribution in [3.63, 3.8) is 0 Å². The molecule has 0 N–H and O–H groups in total. The first-order chi connectivity index (χ1) is 35.4. The van der Waals surface area contributed by atoms with E-state index in [0.717, 1.165) is 68.9 Å². The largest absolute Gasteiger partial charge is 0.309 e. The number of nitrogens with zero attached hydrogens (tertiary/aromatic N) is 2. The first-order valence-corrected chi connectivity index (χ1v) is 25.3. The zero-order valence-corrected chi connectivity index (χ0v) is 40.4. The van der Waals surface area contributed by atoms with Crippen molar-refractivity contribution >= 4 is 187 Å². The van der Waals surface area contributed by atoms with Gasteiger partial charge in [0.25, 0.3) is 0 Å². The topological polar surface area (TPSA) is 9.86 Å². The lowest BCUT2D eigenvalue weighted by Gasteiger charge is -2.43. The molecule has 0 fully saturated rings. The van der Waals surface area contributed by atoms with Crippen molar-refractivity contribution < 1.29 is 0 Å². The maximum Gasteiger partial charge on any atom is 0.113 e. The smallest absolute Gasteiger partial charge is 0.113 e. The zero-order chi connectivity index (χ0) is 50.4. The van der Waals surface area contributed by atoms with Gasteiger partial charge in [-0.3, -0.25) is 0 Å². The quantitative estimate of drug-likeness (QED) is 0.199.